The first-order valence-corrected chi connectivity index (χ1v) is 14.4. The molecular weight excluding hydrogens is 509 g/mol. The van der Waals surface area contributed by atoms with E-state index in [2.05, 4.69) is 29.3 Å². The molecular formula is C32H46FN3O4. The largest absolute Gasteiger partial charge is 0.492 e. The Bertz CT molecular complexity index is 1120. The third-order valence-electron chi connectivity index (χ3n) is 8.27. The molecule has 7 nitrogen and oxygen atoms in total. The molecule has 8 heteroatoms. The second-order valence-electron chi connectivity index (χ2n) is 12.8. The first-order valence-electron chi connectivity index (χ1n) is 14.4. The van der Waals surface area contributed by atoms with Gasteiger partial charge in [0.25, 0.3) is 0 Å². The van der Waals surface area contributed by atoms with E-state index in [4.69, 9.17) is 9.47 Å². The lowest BCUT2D eigenvalue weighted by atomic mass is 9.74. The molecule has 0 aromatic heterocycles. The average Bonchev–Trinajstić information content (AvgIpc) is 3.13. The molecule has 1 aliphatic carbocycles. The number of hydrogen-bond donors (Lipinski definition) is 2. The second kappa shape index (κ2) is 12.5. The molecule has 0 unspecified atom stereocenters. The average molecular weight is 556 g/mol. The first-order chi connectivity index (χ1) is 18.9. The number of likely N-dealkylation sites (N-methyl/N-ethyl adjacent to an activating group) is 1. The van der Waals surface area contributed by atoms with Crippen LogP contribution in [0.15, 0.2) is 48.5 Å². The molecule has 1 amide bonds. The van der Waals surface area contributed by atoms with Crippen LogP contribution in [0.25, 0.3) is 0 Å². The fourth-order valence-corrected chi connectivity index (χ4v) is 6.17. The lowest BCUT2D eigenvalue weighted by Crippen LogP contribution is -2.52. The minimum Gasteiger partial charge on any atom is -0.492 e. The van der Waals surface area contributed by atoms with E-state index in [0.717, 1.165) is 42.7 Å². The van der Waals surface area contributed by atoms with Crippen LogP contribution in [0.1, 0.15) is 70.5 Å². The lowest BCUT2D eigenvalue weighted by Gasteiger charge is -2.39. The molecule has 2 fully saturated rings. The summed E-state index contributed by atoms with van der Waals surface area (Å²) in [6.07, 6.45) is 1.94. The van der Waals surface area contributed by atoms with E-state index < -0.39 is 17.1 Å². The number of carbonyl (C=O) groups excluding carboxylic acids is 1. The molecule has 2 aliphatic rings. The Morgan fingerprint density at radius 2 is 1.80 bits per heavy atom. The Kier molecular flexibility index (Phi) is 9.43. The number of aliphatic hydroxyl groups is 1. The molecule has 0 bridgehead atoms. The van der Waals surface area contributed by atoms with Crippen molar-refractivity contribution in [2.45, 2.75) is 89.8 Å². The molecule has 4 rings (SSSR count). The minimum absolute atomic E-state index is 0.126. The molecule has 1 saturated heterocycles. The summed E-state index contributed by atoms with van der Waals surface area (Å²) in [6.45, 7) is 9.78. The molecule has 1 heterocycles. The molecule has 1 aliphatic heterocycles. The van der Waals surface area contributed by atoms with E-state index in [1.54, 1.807) is 12.1 Å². The predicted octanol–water partition coefficient (Wildman–Crippen LogP) is 5.53. The van der Waals surface area contributed by atoms with Crippen molar-refractivity contribution < 1.29 is 23.8 Å². The molecule has 0 radical (unpaired) electrons. The second-order valence-corrected chi connectivity index (χ2v) is 12.8. The first kappa shape index (κ1) is 30.3. The fraction of sp³-hybridized carbons (Fsp3) is 0.594. The molecule has 1 saturated carbocycles. The van der Waals surface area contributed by atoms with Gasteiger partial charge in [0.2, 0.25) is 0 Å². The number of benzene rings is 2. The zero-order valence-electron chi connectivity index (χ0n) is 24.8. The smallest absolute Gasteiger partial charge is 0.411 e. The number of halogens is 1. The summed E-state index contributed by atoms with van der Waals surface area (Å²) < 4.78 is 25.4. The number of nitrogens with zero attached hydrogens (tertiary/aromatic N) is 2. The van der Waals surface area contributed by atoms with E-state index in [1.807, 2.05) is 51.9 Å². The van der Waals surface area contributed by atoms with Gasteiger partial charge in [-0.3, -0.25) is 4.90 Å². The van der Waals surface area contributed by atoms with Gasteiger partial charge in [-0.1, -0.05) is 31.2 Å². The number of amides is 1. The molecule has 5 atom stereocenters. The third kappa shape index (κ3) is 7.14. The summed E-state index contributed by atoms with van der Waals surface area (Å²) in [4.78, 5) is 17.5. The quantitative estimate of drug-likeness (QED) is 0.447. The number of carbonyl (C=O) groups is 1. The van der Waals surface area contributed by atoms with Crippen LogP contribution in [0, 0.1) is 11.2 Å². The van der Waals surface area contributed by atoms with Crippen molar-refractivity contribution in [3.05, 3.63) is 65.5 Å². The Balaban J connectivity index is 1.50. The van der Waals surface area contributed by atoms with Crippen LogP contribution in [-0.4, -0.2) is 72.0 Å². The highest BCUT2D eigenvalue weighted by Crippen LogP contribution is 2.53. The van der Waals surface area contributed by atoms with Crippen molar-refractivity contribution in [3.63, 3.8) is 0 Å². The van der Waals surface area contributed by atoms with Gasteiger partial charge in [0.05, 0.1) is 12.1 Å². The minimum atomic E-state index is -0.677. The third-order valence-corrected chi connectivity index (χ3v) is 8.27. The van der Waals surface area contributed by atoms with Crippen molar-refractivity contribution in [3.8, 4) is 5.75 Å². The molecule has 2 aromatic carbocycles. The van der Waals surface area contributed by atoms with Crippen molar-refractivity contribution in [1.82, 2.24) is 15.1 Å². The summed E-state index contributed by atoms with van der Waals surface area (Å²) in [5, 5.41) is 15.5. The maximum atomic E-state index is 13.8. The monoisotopic (exact) mass is 555 g/mol. The maximum absolute atomic E-state index is 13.8. The zero-order valence-corrected chi connectivity index (χ0v) is 24.8. The van der Waals surface area contributed by atoms with Crippen LogP contribution in [0.5, 0.6) is 5.75 Å². The van der Waals surface area contributed by atoms with E-state index >= 15 is 0 Å². The topological polar surface area (TPSA) is 74.3 Å². The van der Waals surface area contributed by atoms with Gasteiger partial charge in [0, 0.05) is 30.6 Å². The predicted molar refractivity (Wildman–Crippen MR) is 155 cm³/mol. The van der Waals surface area contributed by atoms with E-state index in [-0.39, 0.29) is 30.0 Å². The number of ether oxygens (including phenoxy) is 2. The molecule has 220 valence electrons. The van der Waals surface area contributed by atoms with Gasteiger partial charge >= 0.3 is 6.09 Å². The number of fused-ring (bicyclic) bond motifs is 1. The Hall–Kier alpha value is -2.68. The van der Waals surface area contributed by atoms with Crippen LogP contribution in [-0.2, 0) is 11.3 Å². The van der Waals surface area contributed by atoms with Crippen LogP contribution in [0.2, 0.25) is 0 Å². The molecule has 40 heavy (non-hydrogen) atoms. The molecule has 2 N–H and O–H groups in total. The summed E-state index contributed by atoms with van der Waals surface area (Å²) >= 11 is 0. The van der Waals surface area contributed by atoms with Crippen molar-refractivity contribution in [2.75, 3.05) is 27.2 Å². The fourth-order valence-electron chi connectivity index (χ4n) is 6.17. The zero-order chi connectivity index (χ0) is 29.1. The number of hydrogen-bond acceptors (Lipinski definition) is 6. The Morgan fingerprint density at radius 3 is 2.42 bits per heavy atom. The van der Waals surface area contributed by atoms with Gasteiger partial charge in [-0.05, 0) is 95.9 Å². The standard InChI is InChI=1S/C32H46FN3O4/c1-31(2,3)40-30(38)36-27(23-12-14-24(33)15-13-23)20-32(4)28(36)9-7-8-26(29(32)37)34-21-22-10-16-25(17-11-22)39-19-18-35(5)6/h10-17,26-29,34,37H,7-9,18-21H2,1-6H3/t26-,27+,28+,29+,32+/m0/s1. The number of aliphatic hydroxyl groups excluding tert-OH is 1. The van der Waals surface area contributed by atoms with Crippen molar-refractivity contribution in [1.29, 1.82) is 0 Å². The van der Waals surface area contributed by atoms with Crippen LogP contribution in [0.3, 0.4) is 0 Å². The lowest BCUT2D eigenvalue weighted by molar-refractivity contribution is -0.0186. The van der Waals surface area contributed by atoms with Gasteiger partial charge in [0.15, 0.2) is 0 Å². The van der Waals surface area contributed by atoms with E-state index in [9.17, 15) is 14.3 Å². The summed E-state index contributed by atoms with van der Waals surface area (Å²) in [6, 6.07) is 13.8. The summed E-state index contributed by atoms with van der Waals surface area (Å²) in [5.41, 5.74) is 0.758. The Morgan fingerprint density at radius 1 is 1.12 bits per heavy atom. The van der Waals surface area contributed by atoms with Crippen LogP contribution in [0.4, 0.5) is 9.18 Å². The van der Waals surface area contributed by atoms with Crippen molar-refractivity contribution >= 4 is 6.09 Å². The number of rotatable bonds is 8. The van der Waals surface area contributed by atoms with Gasteiger partial charge in [-0.15, -0.1) is 0 Å². The van der Waals surface area contributed by atoms with Crippen LogP contribution >= 0.6 is 0 Å². The summed E-state index contributed by atoms with van der Waals surface area (Å²) in [5.74, 6) is 0.527. The SMILES string of the molecule is CN(C)CCOc1ccc(CN[C@H]2CCC[C@H]3N(C(=O)OC(C)(C)C)[C@@H](c4ccc(F)cc4)C[C@@]3(C)[C@@H]2O)cc1. The summed E-state index contributed by atoms with van der Waals surface area (Å²) in [7, 11) is 4.04. The van der Waals surface area contributed by atoms with Gasteiger partial charge in [0.1, 0.15) is 23.8 Å². The Labute approximate surface area is 238 Å². The number of likely N-dealkylation sites (tertiary alicyclic amines) is 1. The maximum Gasteiger partial charge on any atom is 0.411 e. The highest BCUT2D eigenvalue weighted by molar-refractivity contribution is 5.70. The van der Waals surface area contributed by atoms with Gasteiger partial charge < -0.3 is 24.8 Å². The van der Waals surface area contributed by atoms with E-state index in [0.29, 0.717) is 19.6 Å². The highest BCUT2D eigenvalue weighted by Gasteiger charge is 2.57. The molecule has 2 aromatic rings. The van der Waals surface area contributed by atoms with Crippen LogP contribution < -0.4 is 10.1 Å². The van der Waals surface area contributed by atoms with Crippen molar-refractivity contribution in [2.24, 2.45) is 5.41 Å². The van der Waals surface area contributed by atoms with Gasteiger partial charge in [-0.2, -0.15) is 0 Å². The van der Waals surface area contributed by atoms with E-state index in [1.165, 1.54) is 12.1 Å². The highest BCUT2D eigenvalue weighted by atomic mass is 19.1. The van der Waals surface area contributed by atoms with Gasteiger partial charge in [-0.25, -0.2) is 9.18 Å². The molecule has 0 spiro atoms. The number of nitrogens with one attached hydrogen (secondary N) is 1. The normalized spacial score (nSPS) is 26.9.